The molecule has 1 heterocycles. The number of para-hydroxylation sites is 1. The predicted molar refractivity (Wildman–Crippen MR) is 104 cm³/mol. The van der Waals surface area contributed by atoms with Crippen LogP contribution in [0.25, 0.3) is 10.8 Å². The first-order valence-corrected chi connectivity index (χ1v) is 9.17. The first-order valence-electron chi connectivity index (χ1n) is 8.29. The van der Waals surface area contributed by atoms with Crippen molar-refractivity contribution in [3.8, 4) is 0 Å². The van der Waals surface area contributed by atoms with Crippen molar-refractivity contribution in [2.75, 3.05) is 4.90 Å². The lowest BCUT2D eigenvalue weighted by Crippen LogP contribution is -2.41. The van der Waals surface area contributed by atoms with E-state index in [1.54, 1.807) is 0 Å². The predicted octanol–water partition coefficient (Wildman–Crippen LogP) is 5.95. The summed E-state index contributed by atoms with van der Waals surface area (Å²) in [7, 11) is 0. The molecule has 1 aliphatic heterocycles. The van der Waals surface area contributed by atoms with Crippen LogP contribution in [-0.2, 0) is 0 Å². The number of nitrogens with zero attached hydrogens (tertiary/aromatic N) is 1. The molecule has 0 amide bonds. The summed E-state index contributed by atoms with van der Waals surface area (Å²) in [6, 6.07) is 24.4. The molecular weight excluding hydrogens is 310 g/mol. The highest BCUT2D eigenvalue weighted by Crippen LogP contribution is 2.48. The second-order valence-corrected chi connectivity index (χ2v) is 7.44. The largest absolute Gasteiger partial charge is 0.332 e. The molecule has 3 aromatic carbocycles. The number of rotatable bonds is 1. The highest BCUT2D eigenvalue weighted by atomic mass is 32.2. The Morgan fingerprint density at radius 2 is 1.46 bits per heavy atom. The van der Waals surface area contributed by atoms with E-state index in [1.165, 1.54) is 27.0 Å². The van der Waals surface area contributed by atoms with Crippen LogP contribution in [0.4, 0.5) is 11.4 Å². The maximum Gasteiger partial charge on any atom is 0.0683 e. The lowest BCUT2D eigenvalue weighted by molar-refractivity contribution is 0.779. The van der Waals surface area contributed by atoms with E-state index < -0.39 is 0 Å². The van der Waals surface area contributed by atoms with Crippen LogP contribution >= 0.6 is 11.8 Å². The molecule has 2 unspecified atom stereocenters. The van der Waals surface area contributed by atoms with Crippen molar-refractivity contribution in [2.24, 2.45) is 0 Å². The Balaban J connectivity index is 1.76. The van der Waals surface area contributed by atoms with E-state index in [2.05, 4.69) is 95.9 Å². The Kier molecular flexibility index (Phi) is 3.24. The molecule has 0 bridgehead atoms. The third kappa shape index (κ3) is 2.18. The van der Waals surface area contributed by atoms with Gasteiger partial charge in [0.15, 0.2) is 0 Å². The molecular formula is C22H17NS. The summed E-state index contributed by atoms with van der Waals surface area (Å²) in [5.74, 6) is 0. The van der Waals surface area contributed by atoms with Crippen molar-refractivity contribution < 1.29 is 0 Å². The Bertz CT molecular complexity index is 958. The van der Waals surface area contributed by atoms with Crippen LogP contribution in [-0.4, -0.2) is 11.3 Å². The van der Waals surface area contributed by atoms with E-state index >= 15 is 0 Å². The van der Waals surface area contributed by atoms with Crippen LogP contribution in [0.3, 0.4) is 0 Å². The summed E-state index contributed by atoms with van der Waals surface area (Å²) in [4.78, 5) is 3.85. The smallest absolute Gasteiger partial charge is 0.0683 e. The zero-order valence-corrected chi connectivity index (χ0v) is 14.0. The lowest BCUT2D eigenvalue weighted by atomic mass is 10.0. The molecule has 1 nitrogen and oxygen atoms in total. The molecule has 0 radical (unpaired) electrons. The molecule has 0 fully saturated rings. The van der Waals surface area contributed by atoms with Gasteiger partial charge in [-0.2, -0.15) is 0 Å². The summed E-state index contributed by atoms with van der Waals surface area (Å²) in [6.07, 6.45) is 8.99. The summed E-state index contributed by atoms with van der Waals surface area (Å²) < 4.78 is 0. The van der Waals surface area contributed by atoms with Gasteiger partial charge in [-0.25, -0.2) is 0 Å². The summed E-state index contributed by atoms with van der Waals surface area (Å²) in [5, 5.41) is 3.06. The van der Waals surface area contributed by atoms with Gasteiger partial charge in [-0.3, -0.25) is 0 Å². The maximum atomic E-state index is 2.49. The third-order valence-corrected chi connectivity index (χ3v) is 6.03. The highest BCUT2D eigenvalue weighted by molar-refractivity contribution is 8.00. The average molecular weight is 327 g/mol. The van der Waals surface area contributed by atoms with E-state index in [0.29, 0.717) is 11.3 Å². The lowest BCUT2D eigenvalue weighted by Gasteiger charge is -2.42. The number of allylic oxidation sites excluding steroid dienone is 2. The van der Waals surface area contributed by atoms with Crippen LogP contribution in [0.1, 0.15) is 0 Å². The highest BCUT2D eigenvalue weighted by Gasteiger charge is 2.34. The number of hydrogen-bond acceptors (Lipinski definition) is 2. The van der Waals surface area contributed by atoms with Gasteiger partial charge < -0.3 is 4.90 Å². The van der Waals surface area contributed by atoms with Gasteiger partial charge in [-0.15, -0.1) is 11.8 Å². The topological polar surface area (TPSA) is 3.24 Å². The van der Waals surface area contributed by atoms with E-state index in [9.17, 15) is 0 Å². The standard InChI is InChI=1S/C22H17NS/c1-2-10-18(11-3-1)23-19-12-6-7-13-21(19)24-22-15-17-9-5-4-8-16(17)14-20(22)23/h1-15,19,21H. The fraction of sp³-hybridized carbons (Fsp3) is 0.0909. The number of thioether (sulfide) groups is 1. The molecule has 5 rings (SSSR count). The van der Waals surface area contributed by atoms with Gasteiger partial charge in [0.2, 0.25) is 0 Å². The number of hydrogen-bond donors (Lipinski definition) is 0. The van der Waals surface area contributed by atoms with Gasteiger partial charge in [-0.1, -0.05) is 66.8 Å². The minimum Gasteiger partial charge on any atom is -0.332 e. The van der Waals surface area contributed by atoms with Gasteiger partial charge in [0.05, 0.1) is 17.0 Å². The summed E-state index contributed by atoms with van der Waals surface area (Å²) in [6.45, 7) is 0. The van der Waals surface area contributed by atoms with Crippen molar-refractivity contribution in [1.29, 1.82) is 0 Å². The first-order chi connectivity index (χ1) is 11.9. The summed E-state index contributed by atoms with van der Waals surface area (Å²) >= 11 is 1.97. The molecule has 0 aromatic heterocycles. The van der Waals surface area contributed by atoms with E-state index in [1.807, 2.05) is 11.8 Å². The number of benzene rings is 3. The molecule has 0 spiro atoms. The van der Waals surface area contributed by atoms with E-state index in [-0.39, 0.29) is 0 Å². The molecule has 2 heteroatoms. The molecule has 3 aromatic rings. The molecule has 2 atom stereocenters. The van der Waals surface area contributed by atoms with Crippen LogP contribution < -0.4 is 4.90 Å². The van der Waals surface area contributed by atoms with Crippen molar-refractivity contribution in [2.45, 2.75) is 16.2 Å². The average Bonchev–Trinajstić information content (AvgIpc) is 2.65. The van der Waals surface area contributed by atoms with Crippen molar-refractivity contribution in [1.82, 2.24) is 0 Å². The van der Waals surface area contributed by atoms with E-state index in [4.69, 9.17) is 0 Å². The Labute approximate surface area is 146 Å². The Hall–Kier alpha value is -2.45. The minimum atomic E-state index is 0.357. The van der Waals surface area contributed by atoms with Gasteiger partial charge >= 0.3 is 0 Å². The van der Waals surface area contributed by atoms with Crippen molar-refractivity contribution in [3.63, 3.8) is 0 Å². The monoisotopic (exact) mass is 327 g/mol. The fourth-order valence-corrected chi connectivity index (χ4v) is 4.90. The zero-order chi connectivity index (χ0) is 15.9. The molecule has 2 aliphatic rings. The molecule has 24 heavy (non-hydrogen) atoms. The maximum absolute atomic E-state index is 2.49. The second kappa shape index (κ2) is 5.57. The zero-order valence-electron chi connectivity index (χ0n) is 13.2. The minimum absolute atomic E-state index is 0.357. The second-order valence-electron chi connectivity index (χ2n) is 6.22. The van der Waals surface area contributed by atoms with Crippen molar-refractivity contribution >= 4 is 33.9 Å². The molecule has 0 saturated heterocycles. The Morgan fingerprint density at radius 1 is 0.750 bits per heavy atom. The third-order valence-electron chi connectivity index (χ3n) is 4.74. The molecule has 0 saturated carbocycles. The van der Waals surface area contributed by atoms with Gasteiger partial charge in [0, 0.05) is 10.6 Å². The first kappa shape index (κ1) is 13.9. The quantitative estimate of drug-likeness (QED) is 0.543. The van der Waals surface area contributed by atoms with Crippen molar-refractivity contribution in [3.05, 3.63) is 91.0 Å². The molecule has 1 aliphatic carbocycles. The fourth-order valence-electron chi connectivity index (χ4n) is 3.61. The van der Waals surface area contributed by atoms with Gasteiger partial charge in [0.1, 0.15) is 0 Å². The number of fused-ring (bicyclic) bond motifs is 3. The van der Waals surface area contributed by atoms with Crippen LogP contribution in [0, 0.1) is 0 Å². The number of anilines is 2. The van der Waals surface area contributed by atoms with Crippen LogP contribution in [0.2, 0.25) is 0 Å². The Morgan fingerprint density at radius 3 is 2.29 bits per heavy atom. The normalized spacial score (nSPS) is 21.6. The van der Waals surface area contributed by atoms with E-state index in [0.717, 1.165) is 0 Å². The SMILES string of the molecule is C1=CC2Sc3cc4ccccc4cc3N(c3ccccc3)C2C=C1. The van der Waals surface area contributed by atoms with Gasteiger partial charge in [0.25, 0.3) is 0 Å². The summed E-state index contributed by atoms with van der Waals surface area (Å²) in [5.41, 5.74) is 2.57. The van der Waals surface area contributed by atoms with Crippen LogP contribution in [0.15, 0.2) is 95.9 Å². The van der Waals surface area contributed by atoms with Gasteiger partial charge in [-0.05, 0) is 35.0 Å². The molecule has 0 N–H and O–H groups in total. The van der Waals surface area contributed by atoms with Crippen LogP contribution in [0.5, 0.6) is 0 Å². The molecule has 116 valence electrons.